The molecule has 0 fully saturated rings. The first-order chi connectivity index (χ1) is 9.67. The second kappa shape index (κ2) is 6.02. The number of fused-ring (bicyclic) bond motifs is 2. The van der Waals surface area contributed by atoms with Crippen molar-refractivity contribution in [1.29, 1.82) is 0 Å². The fraction of sp³-hybridized carbons (Fsp3) is 0.125. The number of H-pyrrole nitrogens is 1. The van der Waals surface area contributed by atoms with Crippen LogP contribution < -0.4 is 16.0 Å². The van der Waals surface area contributed by atoms with Crippen LogP contribution in [0, 0.1) is 0 Å². The molecular weight excluding hydrogens is 254 g/mol. The van der Waals surface area contributed by atoms with Crippen LogP contribution in [0.4, 0.5) is 0 Å². The topological polar surface area (TPSA) is 70.2 Å². The summed E-state index contributed by atoms with van der Waals surface area (Å²) in [5, 5.41) is 9.35. The van der Waals surface area contributed by atoms with Crippen molar-refractivity contribution >= 4 is 29.5 Å². The van der Waals surface area contributed by atoms with Crippen molar-refractivity contribution in [2.24, 2.45) is 0 Å². The van der Waals surface area contributed by atoms with Crippen molar-refractivity contribution < 1.29 is 9.90 Å². The molecule has 20 heavy (non-hydrogen) atoms. The van der Waals surface area contributed by atoms with Gasteiger partial charge in [0.1, 0.15) is 0 Å². The molecule has 4 nitrogen and oxygen atoms in total. The van der Waals surface area contributed by atoms with Crippen LogP contribution in [0.15, 0.2) is 40.7 Å². The van der Waals surface area contributed by atoms with E-state index in [4.69, 9.17) is 9.90 Å². The summed E-state index contributed by atoms with van der Waals surface area (Å²) in [4.78, 5) is 24.0. The Kier molecular flexibility index (Phi) is 4.15. The van der Waals surface area contributed by atoms with E-state index >= 15 is 0 Å². The Hall–Kier alpha value is -2.62. The summed E-state index contributed by atoms with van der Waals surface area (Å²) in [6, 6.07) is 7.64. The first-order valence-corrected chi connectivity index (χ1v) is 6.25. The highest BCUT2D eigenvalue weighted by molar-refractivity contribution is 5.78. The Labute approximate surface area is 115 Å². The molecule has 2 N–H and O–H groups in total. The lowest BCUT2D eigenvalue weighted by atomic mass is 10.1. The normalized spacial score (nSPS) is 12.8. The molecule has 0 saturated heterocycles. The SMILES string of the molecule is CC1=CCC=c2c([nH]c3ccccc3c2=O)=C1.O=CO. The van der Waals surface area contributed by atoms with Gasteiger partial charge in [0.2, 0.25) is 0 Å². The van der Waals surface area contributed by atoms with Gasteiger partial charge in [-0.15, -0.1) is 0 Å². The summed E-state index contributed by atoms with van der Waals surface area (Å²) in [6.45, 7) is 1.80. The standard InChI is InChI=1S/C15H13NO.CH2O2/c1-10-5-4-7-12-14(9-10)16-13-8-3-2-6-11(13)15(12)17;2-1-3/h2-3,5-9,16H,4H2,1H3;1H,(H,2,3). The molecule has 1 aliphatic carbocycles. The molecule has 0 bridgehead atoms. The number of pyridine rings is 1. The molecule has 0 aliphatic heterocycles. The number of allylic oxidation sites excluding steroid dienone is 2. The largest absolute Gasteiger partial charge is 0.483 e. The molecule has 102 valence electrons. The van der Waals surface area contributed by atoms with Gasteiger partial charge in [-0.05, 0) is 31.6 Å². The molecule has 0 amide bonds. The van der Waals surface area contributed by atoms with Gasteiger partial charge in [0.15, 0.2) is 5.43 Å². The zero-order chi connectivity index (χ0) is 14.5. The van der Waals surface area contributed by atoms with E-state index in [1.54, 1.807) is 0 Å². The fourth-order valence-electron chi connectivity index (χ4n) is 2.24. The Morgan fingerprint density at radius 2 is 1.95 bits per heavy atom. The molecule has 0 atom stereocenters. The van der Waals surface area contributed by atoms with Gasteiger partial charge in [0.25, 0.3) is 6.47 Å². The molecule has 2 aromatic rings. The quantitative estimate of drug-likeness (QED) is 0.705. The van der Waals surface area contributed by atoms with Gasteiger partial charge in [0.05, 0.1) is 0 Å². The maximum absolute atomic E-state index is 12.3. The number of rotatable bonds is 0. The average Bonchev–Trinajstić information content (AvgIpc) is 2.61. The molecule has 1 aromatic heterocycles. The molecule has 3 rings (SSSR count). The third kappa shape index (κ3) is 2.69. The monoisotopic (exact) mass is 269 g/mol. The number of aromatic amines is 1. The van der Waals surface area contributed by atoms with Gasteiger partial charge in [-0.1, -0.05) is 29.9 Å². The lowest BCUT2D eigenvalue weighted by molar-refractivity contribution is -0.122. The Bertz CT molecular complexity index is 844. The summed E-state index contributed by atoms with van der Waals surface area (Å²) >= 11 is 0. The van der Waals surface area contributed by atoms with Crippen LogP contribution in [0.5, 0.6) is 0 Å². The van der Waals surface area contributed by atoms with Crippen molar-refractivity contribution in [3.05, 3.63) is 56.7 Å². The molecule has 0 saturated carbocycles. The predicted octanol–water partition coefficient (Wildman–Crippen LogP) is 1.14. The smallest absolute Gasteiger partial charge is 0.290 e. The van der Waals surface area contributed by atoms with Gasteiger partial charge in [-0.3, -0.25) is 9.59 Å². The van der Waals surface area contributed by atoms with E-state index in [-0.39, 0.29) is 11.9 Å². The minimum Gasteiger partial charge on any atom is -0.483 e. The molecule has 1 aliphatic rings. The van der Waals surface area contributed by atoms with Crippen LogP contribution in [0.1, 0.15) is 13.3 Å². The molecule has 0 spiro atoms. The number of hydrogen-bond donors (Lipinski definition) is 2. The third-order valence-corrected chi connectivity index (χ3v) is 3.11. The van der Waals surface area contributed by atoms with Crippen molar-refractivity contribution in [1.82, 2.24) is 4.98 Å². The number of benzene rings is 1. The van der Waals surface area contributed by atoms with Crippen molar-refractivity contribution in [2.45, 2.75) is 13.3 Å². The third-order valence-electron chi connectivity index (χ3n) is 3.11. The highest BCUT2D eigenvalue weighted by atomic mass is 16.3. The summed E-state index contributed by atoms with van der Waals surface area (Å²) in [5.74, 6) is 0. The summed E-state index contributed by atoms with van der Waals surface area (Å²) < 4.78 is 0. The molecule has 0 unspecified atom stereocenters. The highest BCUT2D eigenvalue weighted by Gasteiger charge is 2.02. The number of para-hydroxylation sites is 1. The maximum Gasteiger partial charge on any atom is 0.290 e. The molecule has 1 heterocycles. The second-order valence-corrected chi connectivity index (χ2v) is 4.46. The molecule has 1 aromatic carbocycles. The van der Waals surface area contributed by atoms with Gasteiger partial charge < -0.3 is 10.1 Å². The molecule has 0 radical (unpaired) electrons. The summed E-state index contributed by atoms with van der Waals surface area (Å²) in [6.07, 6.45) is 6.97. The van der Waals surface area contributed by atoms with Crippen LogP contribution >= 0.6 is 0 Å². The fourth-order valence-corrected chi connectivity index (χ4v) is 2.24. The van der Waals surface area contributed by atoms with Crippen molar-refractivity contribution in [2.75, 3.05) is 0 Å². The zero-order valence-electron chi connectivity index (χ0n) is 11.1. The number of hydrogen-bond acceptors (Lipinski definition) is 2. The van der Waals surface area contributed by atoms with E-state index in [1.165, 1.54) is 5.57 Å². The number of nitrogens with one attached hydrogen (secondary N) is 1. The van der Waals surface area contributed by atoms with Crippen LogP contribution in [0.3, 0.4) is 0 Å². The van der Waals surface area contributed by atoms with Crippen LogP contribution in [-0.4, -0.2) is 16.6 Å². The Balaban J connectivity index is 0.000000452. The van der Waals surface area contributed by atoms with Gasteiger partial charge in [0, 0.05) is 21.5 Å². The average molecular weight is 269 g/mol. The Morgan fingerprint density at radius 3 is 2.70 bits per heavy atom. The van der Waals surface area contributed by atoms with E-state index in [9.17, 15) is 4.79 Å². The second-order valence-electron chi connectivity index (χ2n) is 4.46. The molecule has 4 heteroatoms. The van der Waals surface area contributed by atoms with Crippen molar-refractivity contribution in [3.8, 4) is 0 Å². The van der Waals surface area contributed by atoms with E-state index in [0.717, 1.165) is 27.9 Å². The molecular formula is C16H15NO3. The van der Waals surface area contributed by atoms with Gasteiger partial charge >= 0.3 is 0 Å². The van der Waals surface area contributed by atoms with E-state index in [0.29, 0.717) is 0 Å². The first kappa shape index (κ1) is 13.8. The minimum atomic E-state index is -0.250. The van der Waals surface area contributed by atoms with Crippen molar-refractivity contribution in [3.63, 3.8) is 0 Å². The number of carboxylic acid groups (broad SMARTS) is 1. The van der Waals surface area contributed by atoms with E-state index < -0.39 is 0 Å². The Morgan fingerprint density at radius 1 is 1.25 bits per heavy atom. The van der Waals surface area contributed by atoms with Crippen LogP contribution in [0.2, 0.25) is 0 Å². The van der Waals surface area contributed by atoms with E-state index in [1.807, 2.05) is 36.4 Å². The first-order valence-electron chi connectivity index (χ1n) is 6.25. The predicted molar refractivity (Wildman–Crippen MR) is 79.8 cm³/mol. The summed E-state index contributed by atoms with van der Waals surface area (Å²) in [5.41, 5.74) is 2.20. The summed E-state index contributed by atoms with van der Waals surface area (Å²) in [7, 11) is 0. The lowest BCUT2D eigenvalue weighted by Gasteiger charge is -1.98. The number of aromatic nitrogens is 1. The highest BCUT2D eigenvalue weighted by Crippen LogP contribution is 2.03. The number of carbonyl (C=O) groups is 1. The maximum atomic E-state index is 12.3. The van der Waals surface area contributed by atoms with Crippen LogP contribution in [-0.2, 0) is 4.79 Å². The lowest BCUT2D eigenvalue weighted by Crippen LogP contribution is -2.40. The minimum absolute atomic E-state index is 0.119. The zero-order valence-corrected chi connectivity index (χ0v) is 11.1. The van der Waals surface area contributed by atoms with Crippen LogP contribution in [0.25, 0.3) is 23.1 Å². The van der Waals surface area contributed by atoms with E-state index in [2.05, 4.69) is 18.0 Å². The van der Waals surface area contributed by atoms with Gasteiger partial charge in [-0.25, -0.2) is 0 Å². The van der Waals surface area contributed by atoms with Gasteiger partial charge in [-0.2, -0.15) is 0 Å².